The molecule has 0 bridgehead atoms. The molecule has 2 heterocycles. The van der Waals surface area contributed by atoms with Crippen LogP contribution in [0, 0.1) is 0 Å². The number of hydrogen-bond acceptors (Lipinski definition) is 6. The van der Waals surface area contributed by atoms with Crippen LogP contribution in [0.5, 0.6) is 0 Å². The zero-order valence-electron chi connectivity index (χ0n) is 12.6. The number of aromatic nitrogens is 3. The Morgan fingerprint density at radius 2 is 2.24 bits per heavy atom. The van der Waals surface area contributed by atoms with Crippen LogP contribution in [0.3, 0.4) is 0 Å². The van der Waals surface area contributed by atoms with Crippen LogP contribution in [-0.2, 0) is 13.5 Å². The summed E-state index contributed by atoms with van der Waals surface area (Å²) in [6.45, 7) is 5.99. The lowest BCUT2D eigenvalue weighted by molar-refractivity contribution is 0.103. The monoisotopic (exact) mass is 308 g/mol. The van der Waals surface area contributed by atoms with Crippen molar-refractivity contribution in [2.75, 3.05) is 16.4 Å². The number of nitrogen functional groups attached to an aromatic ring is 1. The molecule has 0 fully saturated rings. The highest BCUT2D eigenvalue weighted by Crippen LogP contribution is 2.27. The van der Waals surface area contributed by atoms with Gasteiger partial charge < -0.3 is 16.4 Å². The maximum atomic E-state index is 12.3. The highest BCUT2D eigenvalue weighted by atomic mass is 32.1. The molecule has 0 unspecified atom stereocenters. The average molecular weight is 308 g/mol. The molecule has 2 rings (SSSR count). The maximum absolute atomic E-state index is 12.3. The number of nitrogens with zero attached hydrogens (tertiary/aromatic N) is 3. The van der Waals surface area contributed by atoms with Gasteiger partial charge in [-0.05, 0) is 20.3 Å². The molecule has 0 aliphatic carbocycles. The van der Waals surface area contributed by atoms with Crippen LogP contribution < -0.4 is 16.4 Å². The summed E-state index contributed by atoms with van der Waals surface area (Å²) in [5.41, 5.74) is 7.37. The highest BCUT2D eigenvalue weighted by molar-refractivity contribution is 7.18. The summed E-state index contributed by atoms with van der Waals surface area (Å²) in [4.78, 5) is 16.9. The average Bonchev–Trinajstić information content (AvgIpc) is 2.91. The number of aryl methyl sites for hydroxylation is 2. The van der Waals surface area contributed by atoms with Crippen molar-refractivity contribution in [1.82, 2.24) is 14.8 Å². The van der Waals surface area contributed by atoms with Crippen molar-refractivity contribution in [2.24, 2.45) is 7.05 Å². The van der Waals surface area contributed by atoms with Gasteiger partial charge >= 0.3 is 0 Å². The summed E-state index contributed by atoms with van der Waals surface area (Å²) >= 11 is 1.25. The van der Waals surface area contributed by atoms with Gasteiger partial charge in [-0.3, -0.25) is 9.48 Å². The summed E-state index contributed by atoms with van der Waals surface area (Å²) in [6.07, 6.45) is 2.52. The molecule has 0 atom stereocenters. The third-order valence-corrected chi connectivity index (χ3v) is 3.76. The number of thiazole rings is 1. The lowest BCUT2D eigenvalue weighted by Crippen LogP contribution is -2.12. The molecular weight excluding hydrogens is 288 g/mol. The van der Waals surface area contributed by atoms with Gasteiger partial charge in [-0.25, -0.2) is 4.98 Å². The number of carbonyl (C=O) groups is 1. The van der Waals surface area contributed by atoms with Gasteiger partial charge in [-0.2, -0.15) is 5.10 Å². The van der Waals surface area contributed by atoms with E-state index in [2.05, 4.69) is 20.7 Å². The summed E-state index contributed by atoms with van der Waals surface area (Å²) in [5.74, 6) is -0.0212. The molecule has 4 N–H and O–H groups in total. The van der Waals surface area contributed by atoms with E-state index < -0.39 is 0 Å². The maximum Gasteiger partial charge on any atom is 0.269 e. The molecule has 0 spiro atoms. The fourth-order valence-electron chi connectivity index (χ4n) is 1.88. The molecule has 0 aromatic carbocycles. The molecule has 0 saturated heterocycles. The van der Waals surface area contributed by atoms with E-state index in [0.29, 0.717) is 15.7 Å². The molecule has 0 saturated carbocycles. The number of carbonyl (C=O) groups excluding carboxylic acids is 1. The quantitative estimate of drug-likeness (QED) is 0.785. The molecule has 21 heavy (non-hydrogen) atoms. The van der Waals surface area contributed by atoms with Crippen LogP contribution in [-0.4, -0.2) is 26.7 Å². The van der Waals surface area contributed by atoms with Crippen LogP contribution in [0.2, 0.25) is 0 Å². The number of amides is 1. The van der Waals surface area contributed by atoms with Crippen molar-refractivity contribution in [2.45, 2.75) is 33.2 Å². The van der Waals surface area contributed by atoms with Crippen molar-refractivity contribution < 1.29 is 4.79 Å². The van der Waals surface area contributed by atoms with Gasteiger partial charge in [-0.1, -0.05) is 18.3 Å². The Balaban J connectivity index is 2.18. The van der Waals surface area contributed by atoms with Crippen molar-refractivity contribution in [1.29, 1.82) is 0 Å². The number of nitrogens with one attached hydrogen (secondary N) is 2. The predicted molar refractivity (Wildman–Crippen MR) is 85.8 cm³/mol. The largest absolute Gasteiger partial charge is 0.382 e. The number of hydrogen-bond donors (Lipinski definition) is 3. The molecular formula is C13H20N6OS. The van der Waals surface area contributed by atoms with E-state index in [9.17, 15) is 4.79 Å². The molecule has 2 aromatic rings. The zero-order chi connectivity index (χ0) is 15.6. The van der Waals surface area contributed by atoms with Crippen molar-refractivity contribution >= 4 is 33.9 Å². The van der Waals surface area contributed by atoms with Crippen molar-refractivity contribution in [3.05, 3.63) is 16.8 Å². The van der Waals surface area contributed by atoms with Gasteiger partial charge in [0.1, 0.15) is 10.7 Å². The lowest BCUT2D eigenvalue weighted by atomic mass is 10.3. The Morgan fingerprint density at radius 1 is 1.52 bits per heavy atom. The second kappa shape index (κ2) is 6.13. The topological polar surface area (TPSA) is 97.9 Å². The second-order valence-electron chi connectivity index (χ2n) is 5.00. The summed E-state index contributed by atoms with van der Waals surface area (Å²) < 4.78 is 1.68. The van der Waals surface area contributed by atoms with Crippen LogP contribution >= 0.6 is 11.3 Å². The summed E-state index contributed by atoms with van der Waals surface area (Å²) in [6, 6.07) is 0.233. The SMILES string of the molecule is CCc1nn(C)cc1NC(=O)c1sc(NC(C)C)nc1N. The first-order valence-electron chi connectivity index (χ1n) is 6.77. The fourth-order valence-corrected chi connectivity index (χ4v) is 2.81. The van der Waals surface area contributed by atoms with Crippen LogP contribution in [0.15, 0.2) is 6.20 Å². The van der Waals surface area contributed by atoms with Crippen molar-refractivity contribution in [3.8, 4) is 0 Å². The summed E-state index contributed by atoms with van der Waals surface area (Å²) in [7, 11) is 1.82. The van der Waals surface area contributed by atoms with E-state index in [1.807, 2.05) is 27.8 Å². The standard InChI is InChI=1S/C13H20N6OS/c1-5-8-9(6-19(4)18-8)16-12(20)10-11(14)17-13(21-10)15-7(2)3/h6-7H,5,14H2,1-4H3,(H,15,17)(H,16,20). The van der Waals surface area contributed by atoms with E-state index in [1.165, 1.54) is 11.3 Å². The minimum Gasteiger partial charge on any atom is -0.382 e. The predicted octanol–water partition coefficient (Wildman–Crippen LogP) is 2.09. The van der Waals surface area contributed by atoms with Crippen LogP contribution in [0.25, 0.3) is 0 Å². The van der Waals surface area contributed by atoms with E-state index in [4.69, 9.17) is 5.73 Å². The Labute approximate surface area is 127 Å². The smallest absolute Gasteiger partial charge is 0.269 e. The fraction of sp³-hybridized carbons (Fsp3) is 0.462. The van der Waals surface area contributed by atoms with Gasteiger partial charge in [0.05, 0.1) is 11.4 Å². The van der Waals surface area contributed by atoms with E-state index in [1.54, 1.807) is 10.9 Å². The number of rotatable bonds is 5. The Bertz CT molecular complexity index is 645. The van der Waals surface area contributed by atoms with E-state index in [-0.39, 0.29) is 17.8 Å². The second-order valence-corrected chi connectivity index (χ2v) is 6.00. The summed E-state index contributed by atoms with van der Waals surface area (Å²) in [5, 5.41) is 10.9. The Kier molecular flexibility index (Phi) is 4.46. The first-order valence-corrected chi connectivity index (χ1v) is 7.59. The minimum atomic E-state index is -0.260. The van der Waals surface area contributed by atoms with Gasteiger partial charge in [-0.15, -0.1) is 0 Å². The first kappa shape index (κ1) is 15.3. The van der Waals surface area contributed by atoms with Crippen LogP contribution in [0.1, 0.15) is 36.1 Å². The number of nitrogens with two attached hydrogens (primary N) is 1. The van der Waals surface area contributed by atoms with E-state index in [0.717, 1.165) is 12.1 Å². The normalized spacial score (nSPS) is 10.9. The third-order valence-electron chi connectivity index (χ3n) is 2.76. The molecule has 2 aromatic heterocycles. The third kappa shape index (κ3) is 3.52. The van der Waals surface area contributed by atoms with Crippen LogP contribution in [0.4, 0.5) is 16.6 Å². The minimum absolute atomic E-state index is 0.233. The van der Waals surface area contributed by atoms with E-state index >= 15 is 0 Å². The molecule has 1 amide bonds. The van der Waals surface area contributed by atoms with Gasteiger partial charge in [0.15, 0.2) is 5.13 Å². The van der Waals surface area contributed by atoms with Gasteiger partial charge in [0.2, 0.25) is 0 Å². The van der Waals surface area contributed by atoms with Crippen molar-refractivity contribution in [3.63, 3.8) is 0 Å². The molecule has 114 valence electrons. The van der Waals surface area contributed by atoms with Gasteiger partial charge in [0, 0.05) is 19.3 Å². The zero-order valence-corrected chi connectivity index (χ0v) is 13.4. The highest BCUT2D eigenvalue weighted by Gasteiger charge is 2.18. The molecule has 7 nitrogen and oxygen atoms in total. The van der Waals surface area contributed by atoms with Gasteiger partial charge in [0.25, 0.3) is 5.91 Å². The lowest BCUT2D eigenvalue weighted by Gasteiger charge is -2.04. The molecule has 8 heteroatoms. The molecule has 0 aliphatic rings. The molecule has 0 radical (unpaired) electrons. The number of anilines is 3. The Morgan fingerprint density at radius 3 is 2.86 bits per heavy atom. The molecule has 0 aliphatic heterocycles. The first-order chi connectivity index (χ1) is 9.90. The Hall–Kier alpha value is -2.09.